The Balaban J connectivity index is 1.99. The summed E-state index contributed by atoms with van der Waals surface area (Å²) >= 11 is 0. The van der Waals surface area contributed by atoms with E-state index in [-0.39, 0.29) is 0 Å². The van der Waals surface area contributed by atoms with Gasteiger partial charge in [0.1, 0.15) is 11.8 Å². The number of fused-ring (bicyclic) bond motifs is 1. The highest BCUT2D eigenvalue weighted by molar-refractivity contribution is 5.90. The maximum Gasteiger partial charge on any atom is 0.172 e. The molecule has 2 heterocycles. The highest BCUT2D eigenvalue weighted by atomic mass is 16.6. The van der Waals surface area contributed by atoms with Gasteiger partial charge in [-0.15, -0.1) is 0 Å². The molecule has 1 saturated heterocycles. The summed E-state index contributed by atoms with van der Waals surface area (Å²) in [5.41, 5.74) is 1.90. The lowest BCUT2D eigenvalue weighted by molar-refractivity contribution is -0.104. The van der Waals surface area contributed by atoms with Crippen LogP contribution in [0.2, 0.25) is 0 Å². The van der Waals surface area contributed by atoms with E-state index in [9.17, 15) is 5.11 Å². The van der Waals surface area contributed by atoms with Gasteiger partial charge in [0.25, 0.3) is 0 Å². The van der Waals surface area contributed by atoms with Gasteiger partial charge in [-0.05, 0) is 12.1 Å². The van der Waals surface area contributed by atoms with E-state index in [0.29, 0.717) is 13.2 Å². The Hall–Kier alpha value is -1.52. The van der Waals surface area contributed by atoms with Crippen molar-refractivity contribution in [3.63, 3.8) is 0 Å². The normalized spacial score (nSPS) is 21.6. The molecule has 1 aromatic carbocycles. The van der Waals surface area contributed by atoms with Crippen molar-refractivity contribution in [2.75, 3.05) is 24.6 Å². The van der Waals surface area contributed by atoms with Gasteiger partial charge in [0.05, 0.1) is 18.8 Å². The third-order valence-electron chi connectivity index (χ3n) is 2.85. The minimum absolute atomic E-state index is 0.490. The number of nitrogens with zero attached hydrogens (tertiary/aromatic N) is 1. The number of β-amino-alcohol motifs (C(OH)–C–C–N with tert-alkyl or cyclic N) is 1. The second-order valence-corrected chi connectivity index (χ2v) is 3.89. The predicted octanol–water partition coefficient (Wildman–Crippen LogP) is 1.59. The van der Waals surface area contributed by atoms with Crippen LogP contribution in [-0.2, 0) is 4.74 Å². The quantitative estimate of drug-likeness (QED) is 0.791. The van der Waals surface area contributed by atoms with E-state index in [1.165, 1.54) is 0 Å². The van der Waals surface area contributed by atoms with Crippen LogP contribution in [0.25, 0.3) is 11.0 Å². The lowest BCUT2D eigenvalue weighted by atomic mass is 10.2. The Morgan fingerprint density at radius 2 is 2.19 bits per heavy atom. The van der Waals surface area contributed by atoms with Crippen molar-refractivity contribution < 1.29 is 14.3 Å². The number of benzene rings is 1. The summed E-state index contributed by atoms with van der Waals surface area (Å²) in [6.45, 7) is 1.81. The molecular weight excluding hydrogens is 206 g/mol. The van der Waals surface area contributed by atoms with Gasteiger partial charge in [0.2, 0.25) is 0 Å². The van der Waals surface area contributed by atoms with Crippen molar-refractivity contribution >= 4 is 16.7 Å². The van der Waals surface area contributed by atoms with Gasteiger partial charge in [0, 0.05) is 11.9 Å². The van der Waals surface area contributed by atoms with Crippen molar-refractivity contribution in [3.8, 4) is 0 Å². The smallest absolute Gasteiger partial charge is 0.172 e. The van der Waals surface area contributed by atoms with Gasteiger partial charge >= 0.3 is 0 Å². The molecule has 84 valence electrons. The average molecular weight is 219 g/mol. The van der Waals surface area contributed by atoms with Gasteiger partial charge in [-0.3, -0.25) is 0 Å². The SMILES string of the molecule is OC1CN(c2coc3ccccc23)CCO1. The summed E-state index contributed by atoms with van der Waals surface area (Å²) in [5, 5.41) is 10.5. The lowest BCUT2D eigenvalue weighted by Crippen LogP contribution is -2.42. The molecular formula is C12H13NO3. The van der Waals surface area contributed by atoms with Gasteiger partial charge < -0.3 is 19.2 Å². The lowest BCUT2D eigenvalue weighted by Gasteiger charge is -2.31. The molecule has 1 N–H and O–H groups in total. The zero-order valence-electron chi connectivity index (χ0n) is 8.80. The molecule has 2 aromatic rings. The van der Waals surface area contributed by atoms with Crippen molar-refractivity contribution in [1.82, 2.24) is 0 Å². The number of rotatable bonds is 1. The van der Waals surface area contributed by atoms with E-state index in [4.69, 9.17) is 9.15 Å². The van der Waals surface area contributed by atoms with E-state index in [0.717, 1.165) is 23.2 Å². The number of hydrogen-bond donors (Lipinski definition) is 1. The van der Waals surface area contributed by atoms with Crippen LogP contribution in [0.15, 0.2) is 34.9 Å². The van der Waals surface area contributed by atoms with Crippen molar-refractivity contribution in [3.05, 3.63) is 30.5 Å². The maximum absolute atomic E-state index is 9.46. The first kappa shape index (κ1) is 9.69. The van der Waals surface area contributed by atoms with E-state index in [1.54, 1.807) is 6.26 Å². The maximum atomic E-state index is 9.46. The number of aliphatic hydroxyl groups excluding tert-OH is 1. The van der Waals surface area contributed by atoms with Crippen LogP contribution in [0, 0.1) is 0 Å². The van der Waals surface area contributed by atoms with E-state index < -0.39 is 6.29 Å². The Labute approximate surface area is 93.0 Å². The van der Waals surface area contributed by atoms with Crippen LogP contribution in [0.3, 0.4) is 0 Å². The van der Waals surface area contributed by atoms with Crippen LogP contribution in [0.5, 0.6) is 0 Å². The number of ether oxygens (including phenoxy) is 1. The first-order valence-electron chi connectivity index (χ1n) is 5.35. The molecule has 1 aromatic heterocycles. The standard InChI is InChI=1S/C12H13NO3/c14-12-7-13(5-6-15-12)10-8-16-11-4-2-1-3-9(10)11/h1-4,8,12,14H,5-7H2. The highest BCUT2D eigenvalue weighted by Crippen LogP contribution is 2.29. The first-order chi connectivity index (χ1) is 7.84. The Kier molecular flexibility index (Phi) is 2.31. The minimum atomic E-state index is -0.706. The molecule has 0 aliphatic carbocycles. The van der Waals surface area contributed by atoms with E-state index >= 15 is 0 Å². The van der Waals surface area contributed by atoms with Crippen molar-refractivity contribution in [2.24, 2.45) is 0 Å². The number of hydrogen-bond acceptors (Lipinski definition) is 4. The largest absolute Gasteiger partial charge is 0.462 e. The molecule has 1 aliphatic heterocycles. The molecule has 16 heavy (non-hydrogen) atoms. The van der Waals surface area contributed by atoms with Crippen molar-refractivity contribution in [2.45, 2.75) is 6.29 Å². The fraction of sp³-hybridized carbons (Fsp3) is 0.333. The third-order valence-corrected chi connectivity index (χ3v) is 2.85. The summed E-state index contributed by atoms with van der Waals surface area (Å²) in [7, 11) is 0. The van der Waals surface area contributed by atoms with Crippen LogP contribution >= 0.6 is 0 Å². The molecule has 1 atom stereocenters. The van der Waals surface area contributed by atoms with E-state index in [2.05, 4.69) is 4.90 Å². The molecule has 3 rings (SSSR count). The third kappa shape index (κ3) is 1.56. The molecule has 0 amide bonds. The number of furan rings is 1. The molecule has 0 radical (unpaired) electrons. The summed E-state index contributed by atoms with van der Waals surface area (Å²) in [6.07, 6.45) is 1.03. The van der Waals surface area contributed by atoms with Crippen LogP contribution in [-0.4, -0.2) is 31.1 Å². The number of para-hydroxylation sites is 1. The molecule has 0 spiro atoms. The fourth-order valence-corrected chi connectivity index (χ4v) is 2.06. The molecule has 1 aliphatic rings. The molecule has 1 unspecified atom stereocenters. The van der Waals surface area contributed by atoms with Crippen LogP contribution in [0.4, 0.5) is 5.69 Å². The summed E-state index contributed by atoms with van der Waals surface area (Å²) in [5.74, 6) is 0. The molecule has 1 fully saturated rings. The molecule has 4 nitrogen and oxygen atoms in total. The zero-order valence-corrected chi connectivity index (χ0v) is 8.80. The molecule has 0 bridgehead atoms. The number of aliphatic hydroxyl groups is 1. The Morgan fingerprint density at radius 1 is 1.31 bits per heavy atom. The Bertz CT molecular complexity index is 494. The van der Waals surface area contributed by atoms with Gasteiger partial charge in [-0.25, -0.2) is 0 Å². The average Bonchev–Trinajstić information content (AvgIpc) is 2.72. The first-order valence-corrected chi connectivity index (χ1v) is 5.35. The van der Waals surface area contributed by atoms with Gasteiger partial charge in [0.15, 0.2) is 6.29 Å². The predicted molar refractivity (Wildman–Crippen MR) is 60.4 cm³/mol. The monoisotopic (exact) mass is 219 g/mol. The van der Waals surface area contributed by atoms with Crippen LogP contribution in [0.1, 0.15) is 0 Å². The fourth-order valence-electron chi connectivity index (χ4n) is 2.06. The topological polar surface area (TPSA) is 45.8 Å². The second kappa shape index (κ2) is 3.81. The number of anilines is 1. The van der Waals surface area contributed by atoms with Crippen LogP contribution < -0.4 is 4.90 Å². The summed E-state index contributed by atoms with van der Waals surface area (Å²) < 4.78 is 10.6. The summed E-state index contributed by atoms with van der Waals surface area (Å²) in [6, 6.07) is 7.90. The van der Waals surface area contributed by atoms with Gasteiger partial charge in [-0.2, -0.15) is 0 Å². The highest BCUT2D eigenvalue weighted by Gasteiger charge is 2.21. The minimum Gasteiger partial charge on any atom is -0.462 e. The second-order valence-electron chi connectivity index (χ2n) is 3.89. The Morgan fingerprint density at radius 3 is 3.06 bits per heavy atom. The van der Waals surface area contributed by atoms with Gasteiger partial charge in [-0.1, -0.05) is 12.1 Å². The van der Waals surface area contributed by atoms with E-state index in [1.807, 2.05) is 24.3 Å². The molecule has 0 saturated carbocycles. The summed E-state index contributed by atoms with van der Waals surface area (Å²) in [4.78, 5) is 2.08. The number of morpholine rings is 1. The zero-order chi connectivity index (χ0) is 11.0. The molecule has 4 heteroatoms. The van der Waals surface area contributed by atoms with Crippen molar-refractivity contribution in [1.29, 1.82) is 0 Å².